The maximum atomic E-state index is 14.4. The van der Waals surface area contributed by atoms with Gasteiger partial charge in [-0.2, -0.15) is 0 Å². The van der Waals surface area contributed by atoms with Crippen LogP contribution >= 0.6 is 0 Å². The fourth-order valence-electron chi connectivity index (χ4n) is 2.61. The first kappa shape index (κ1) is 17.4. The summed E-state index contributed by atoms with van der Waals surface area (Å²) in [5, 5.41) is 13.9. The highest BCUT2D eigenvalue weighted by Crippen LogP contribution is 2.32. The topological polar surface area (TPSA) is 107 Å². The highest BCUT2D eigenvalue weighted by atomic mass is 19.1. The summed E-state index contributed by atoms with van der Waals surface area (Å²) in [6.07, 6.45) is 0. The standard InChI is InChI=1S/C16H16FN5O4/c1-9-3-11(26-2)6-14(19-9)18-7-10-4-12(17)16(13(23)5-10)21-8-15(24)20-22(21)25/h3-6H,7-8H2,1-2H3,(H2-,18,19,20,23,24,25)/p+1. The highest BCUT2D eigenvalue weighted by Gasteiger charge is 2.40. The number of aromatic nitrogens is 1. The third-order valence-electron chi connectivity index (χ3n) is 3.73. The van der Waals surface area contributed by atoms with Gasteiger partial charge in [0.15, 0.2) is 18.0 Å². The van der Waals surface area contributed by atoms with Crippen LogP contribution in [0.2, 0.25) is 0 Å². The second-order valence-corrected chi connectivity index (χ2v) is 5.70. The van der Waals surface area contributed by atoms with Gasteiger partial charge in [-0.3, -0.25) is 4.79 Å². The van der Waals surface area contributed by atoms with E-state index in [0.29, 0.717) is 17.1 Å². The minimum atomic E-state index is -0.825. The average molecular weight is 362 g/mol. The minimum Gasteiger partial charge on any atom is -0.505 e. The van der Waals surface area contributed by atoms with Crippen LogP contribution in [0.4, 0.5) is 15.9 Å². The Labute approximate surface area is 147 Å². The lowest BCUT2D eigenvalue weighted by Crippen LogP contribution is -2.31. The maximum absolute atomic E-state index is 14.4. The molecule has 1 aromatic heterocycles. The molecule has 0 aliphatic carbocycles. The average Bonchev–Trinajstić information content (AvgIpc) is 2.90. The number of hydrogen-bond donors (Lipinski definition) is 3. The van der Waals surface area contributed by atoms with Crippen LogP contribution in [0.15, 0.2) is 24.3 Å². The number of nitrogens with one attached hydrogen (secondary N) is 2. The quantitative estimate of drug-likeness (QED) is 0.690. The molecule has 3 N–H and O–H groups in total. The van der Waals surface area contributed by atoms with Gasteiger partial charge in [-0.15, -0.1) is 0 Å². The van der Waals surface area contributed by atoms with Gasteiger partial charge in [0.25, 0.3) is 4.98 Å². The van der Waals surface area contributed by atoms with E-state index in [4.69, 9.17) is 4.74 Å². The Morgan fingerprint density at radius 1 is 1.42 bits per heavy atom. The van der Waals surface area contributed by atoms with Gasteiger partial charge >= 0.3 is 5.91 Å². The molecule has 1 amide bonds. The first-order valence-electron chi connectivity index (χ1n) is 7.69. The second kappa shape index (κ2) is 6.82. The van der Waals surface area contributed by atoms with Gasteiger partial charge in [-0.1, -0.05) is 10.4 Å². The number of hydrazine groups is 2. The van der Waals surface area contributed by atoms with Crippen molar-refractivity contribution >= 4 is 17.4 Å². The molecule has 0 atom stereocenters. The van der Waals surface area contributed by atoms with Crippen molar-refractivity contribution in [3.63, 3.8) is 0 Å². The summed E-state index contributed by atoms with van der Waals surface area (Å²) in [5.74, 6) is -0.705. The number of rotatable bonds is 5. The van der Waals surface area contributed by atoms with E-state index in [-0.39, 0.29) is 23.8 Å². The number of ether oxygens (including phenoxy) is 1. The van der Waals surface area contributed by atoms with Gasteiger partial charge in [-0.25, -0.2) is 9.37 Å². The van der Waals surface area contributed by atoms with Gasteiger partial charge in [0.1, 0.15) is 17.3 Å². The Hall–Kier alpha value is -3.43. The van der Waals surface area contributed by atoms with Crippen LogP contribution in [0.3, 0.4) is 0 Å². The maximum Gasteiger partial charge on any atom is 0.307 e. The molecule has 1 aliphatic heterocycles. The molecular weight excluding hydrogens is 345 g/mol. The predicted octanol–water partition coefficient (Wildman–Crippen LogP) is 1.40. The number of aryl methyl sites for hydroxylation is 1. The Bertz CT molecular complexity index is 866. The fraction of sp³-hybridized carbons (Fsp3) is 0.250. The Balaban J connectivity index is 1.79. The zero-order valence-electron chi connectivity index (χ0n) is 14.1. The summed E-state index contributed by atoms with van der Waals surface area (Å²) in [5.41, 5.74) is 2.77. The van der Waals surface area contributed by atoms with Crippen LogP contribution < -0.4 is 20.5 Å². The van der Waals surface area contributed by atoms with Gasteiger partial charge in [0.05, 0.1) is 12.0 Å². The zero-order chi connectivity index (χ0) is 18.8. The molecule has 1 aliphatic rings. The molecule has 0 unspecified atom stereocenters. The summed E-state index contributed by atoms with van der Waals surface area (Å²) in [6.45, 7) is 1.62. The number of hydrogen-bond acceptors (Lipinski definition) is 6. The molecular formula is C16H17FN5O4+. The zero-order valence-corrected chi connectivity index (χ0v) is 14.1. The number of nitroso groups, excluding NO2 is 1. The molecule has 3 rings (SSSR count). The summed E-state index contributed by atoms with van der Waals surface area (Å²) in [6, 6.07) is 5.95. The van der Waals surface area contributed by atoms with Crippen LogP contribution in [0.1, 0.15) is 11.3 Å². The van der Waals surface area contributed by atoms with Crippen molar-refractivity contribution in [2.24, 2.45) is 0 Å². The second-order valence-electron chi connectivity index (χ2n) is 5.70. The third kappa shape index (κ3) is 3.48. The number of methoxy groups -OCH3 is 1. The molecule has 2 aromatic rings. The molecule has 9 nitrogen and oxygen atoms in total. The van der Waals surface area contributed by atoms with E-state index in [1.165, 1.54) is 12.1 Å². The largest absolute Gasteiger partial charge is 0.505 e. The fourth-order valence-corrected chi connectivity index (χ4v) is 2.61. The molecule has 1 aromatic carbocycles. The number of carbonyl (C=O) groups is 1. The number of pyridine rings is 1. The van der Waals surface area contributed by atoms with Crippen LogP contribution in [0, 0.1) is 17.6 Å². The predicted molar refractivity (Wildman–Crippen MR) is 90.0 cm³/mol. The lowest BCUT2D eigenvalue weighted by Gasteiger charge is -2.12. The van der Waals surface area contributed by atoms with Crippen molar-refractivity contribution in [3.8, 4) is 11.5 Å². The monoisotopic (exact) mass is 362 g/mol. The summed E-state index contributed by atoms with van der Waals surface area (Å²) < 4.78 is 19.6. The normalized spacial score (nSPS) is 13.7. The van der Waals surface area contributed by atoms with E-state index in [0.717, 1.165) is 10.7 Å². The smallest absolute Gasteiger partial charge is 0.307 e. The van der Waals surface area contributed by atoms with E-state index in [9.17, 15) is 19.2 Å². The number of nitrogens with zero attached hydrogens (tertiary/aromatic N) is 3. The van der Waals surface area contributed by atoms with Crippen molar-refractivity contribution in [2.45, 2.75) is 13.5 Å². The number of anilines is 2. The molecule has 1 saturated heterocycles. The van der Waals surface area contributed by atoms with Crippen molar-refractivity contribution in [1.82, 2.24) is 10.4 Å². The number of halogens is 1. The van der Waals surface area contributed by atoms with Crippen LogP contribution in [-0.4, -0.2) is 34.6 Å². The van der Waals surface area contributed by atoms with E-state index in [1.54, 1.807) is 19.2 Å². The number of aromatic hydroxyl groups is 1. The van der Waals surface area contributed by atoms with Crippen molar-refractivity contribution < 1.29 is 24.0 Å². The molecule has 10 heteroatoms. The van der Waals surface area contributed by atoms with Crippen molar-refractivity contribution in [3.05, 3.63) is 46.2 Å². The Kier molecular flexibility index (Phi) is 4.57. The Morgan fingerprint density at radius 2 is 2.19 bits per heavy atom. The lowest BCUT2D eigenvalue weighted by molar-refractivity contribution is -0.591. The first-order valence-corrected chi connectivity index (χ1v) is 7.69. The molecule has 0 radical (unpaired) electrons. The van der Waals surface area contributed by atoms with Crippen molar-refractivity contribution in [1.29, 1.82) is 0 Å². The molecule has 0 saturated carbocycles. The van der Waals surface area contributed by atoms with Gasteiger partial charge in [0.2, 0.25) is 0 Å². The van der Waals surface area contributed by atoms with E-state index >= 15 is 0 Å². The molecule has 26 heavy (non-hydrogen) atoms. The molecule has 0 bridgehead atoms. The molecule has 1 fully saturated rings. The van der Waals surface area contributed by atoms with Gasteiger partial charge in [0, 0.05) is 24.4 Å². The summed E-state index contributed by atoms with van der Waals surface area (Å²) in [4.78, 5) is 27.2. The van der Waals surface area contributed by atoms with Crippen LogP contribution in [0.25, 0.3) is 0 Å². The summed E-state index contributed by atoms with van der Waals surface area (Å²) in [7, 11) is 1.54. The molecule has 2 heterocycles. The lowest BCUT2D eigenvalue weighted by atomic mass is 10.1. The number of benzene rings is 1. The molecule has 0 spiro atoms. The van der Waals surface area contributed by atoms with Gasteiger partial charge in [-0.05, 0) is 24.6 Å². The number of phenols is 1. The first-order chi connectivity index (χ1) is 12.4. The van der Waals surface area contributed by atoms with Crippen molar-refractivity contribution in [2.75, 3.05) is 24.0 Å². The number of amides is 1. The highest BCUT2D eigenvalue weighted by molar-refractivity contribution is 5.82. The molecule has 136 valence electrons. The van der Waals surface area contributed by atoms with Crippen LogP contribution in [-0.2, 0) is 11.3 Å². The van der Waals surface area contributed by atoms with E-state index in [2.05, 4.69) is 10.3 Å². The van der Waals surface area contributed by atoms with Gasteiger partial charge < -0.3 is 15.2 Å². The summed E-state index contributed by atoms with van der Waals surface area (Å²) >= 11 is 0. The van der Waals surface area contributed by atoms with Crippen LogP contribution in [0.5, 0.6) is 11.5 Å². The van der Waals surface area contributed by atoms with E-state index in [1.807, 2.05) is 12.3 Å². The Morgan fingerprint density at radius 3 is 2.81 bits per heavy atom. The number of carbonyl (C=O) groups excluding carboxylic acids is 1. The third-order valence-corrected chi connectivity index (χ3v) is 3.73. The van der Waals surface area contributed by atoms with E-state index < -0.39 is 17.5 Å². The number of phenolic OH excluding ortho intramolecular Hbond substituents is 1. The SMILES string of the molecule is COc1cc(C)nc(NCc2cc(O)c(N3CC(=O)N[N+]3=O)c(F)c2)c1. The minimum absolute atomic E-state index is 0.0847.